The molecule has 126 valence electrons. The Morgan fingerprint density at radius 1 is 0.955 bits per heavy atom. The largest absolute Gasteiger partial charge is 0.383 e. The zero-order valence-corrected chi connectivity index (χ0v) is 13.1. The van der Waals surface area contributed by atoms with Crippen LogP contribution in [-0.4, -0.2) is 60.4 Å². The van der Waals surface area contributed by atoms with E-state index in [1.54, 1.807) is 0 Å². The van der Waals surface area contributed by atoms with E-state index >= 15 is 0 Å². The van der Waals surface area contributed by atoms with Crippen LogP contribution < -0.4 is 0 Å². The van der Waals surface area contributed by atoms with E-state index in [-0.39, 0.29) is 13.2 Å². The Labute approximate surface area is 131 Å². The van der Waals surface area contributed by atoms with Gasteiger partial charge in [-0.25, -0.2) is 0 Å². The normalized spacial score (nSPS) is 14.9. The quantitative estimate of drug-likeness (QED) is 0.361. The predicted molar refractivity (Wildman–Crippen MR) is 82.5 cm³/mol. The molecule has 0 aromatic carbocycles. The lowest BCUT2D eigenvalue weighted by molar-refractivity contribution is -0.125. The SMILES string of the molecule is C=CC(=O)C(O)COCCC(C)CCOCC(O)C(=O)C=C. The Hall–Kier alpha value is -1.34. The molecule has 0 aromatic heterocycles. The number of aliphatic hydroxyl groups excluding tert-OH is 2. The van der Waals surface area contributed by atoms with Gasteiger partial charge in [-0.3, -0.25) is 9.59 Å². The van der Waals surface area contributed by atoms with Gasteiger partial charge in [-0.1, -0.05) is 20.1 Å². The number of ether oxygens (including phenoxy) is 2. The molecule has 0 heterocycles. The molecule has 0 bridgehead atoms. The summed E-state index contributed by atoms with van der Waals surface area (Å²) in [7, 11) is 0. The summed E-state index contributed by atoms with van der Waals surface area (Å²) < 4.78 is 10.4. The van der Waals surface area contributed by atoms with Crippen molar-refractivity contribution >= 4 is 11.6 Å². The van der Waals surface area contributed by atoms with Gasteiger partial charge >= 0.3 is 0 Å². The molecular weight excluding hydrogens is 288 g/mol. The number of ketones is 2. The van der Waals surface area contributed by atoms with E-state index in [1.165, 1.54) is 0 Å². The predicted octanol–water partition coefficient (Wildman–Crippen LogP) is 0.668. The highest BCUT2D eigenvalue weighted by Crippen LogP contribution is 2.08. The van der Waals surface area contributed by atoms with Crippen molar-refractivity contribution < 1.29 is 29.3 Å². The molecule has 6 nitrogen and oxygen atoms in total. The van der Waals surface area contributed by atoms with Gasteiger partial charge in [-0.05, 0) is 30.9 Å². The van der Waals surface area contributed by atoms with E-state index in [1.807, 2.05) is 6.92 Å². The van der Waals surface area contributed by atoms with Crippen molar-refractivity contribution in [3.05, 3.63) is 25.3 Å². The van der Waals surface area contributed by atoms with Gasteiger partial charge in [0.1, 0.15) is 12.2 Å². The fourth-order valence-corrected chi connectivity index (χ4v) is 1.54. The van der Waals surface area contributed by atoms with Crippen molar-refractivity contribution in [2.45, 2.75) is 32.0 Å². The Kier molecular flexibility index (Phi) is 11.5. The van der Waals surface area contributed by atoms with Gasteiger partial charge in [0.2, 0.25) is 0 Å². The Morgan fingerprint density at radius 2 is 1.32 bits per heavy atom. The zero-order valence-electron chi connectivity index (χ0n) is 13.1. The fraction of sp³-hybridized carbons (Fsp3) is 0.625. The van der Waals surface area contributed by atoms with Gasteiger partial charge in [0.25, 0.3) is 0 Å². The average molecular weight is 314 g/mol. The Balaban J connectivity index is 3.60. The molecule has 2 unspecified atom stereocenters. The first-order chi connectivity index (χ1) is 10.4. The van der Waals surface area contributed by atoms with Crippen LogP contribution in [0, 0.1) is 5.92 Å². The van der Waals surface area contributed by atoms with E-state index in [0.717, 1.165) is 25.0 Å². The highest BCUT2D eigenvalue weighted by Gasteiger charge is 2.13. The number of hydrogen-bond acceptors (Lipinski definition) is 6. The molecule has 0 aliphatic rings. The Morgan fingerprint density at radius 3 is 1.64 bits per heavy atom. The third-order valence-corrected chi connectivity index (χ3v) is 3.12. The molecule has 0 saturated carbocycles. The van der Waals surface area contributed by atoms with E-state index in [4.69, 9.17) is 9.47 Å². The van der Waals surface area contributed by atoms with Gasteiger partial charge in [-0.15, -0.1) is 0 Å². The van der Waals surface area contributed by atoms with Crippen LogP contribution in [-0.2, 0) is 19.1 Å². The van der Waals surface area contributed by atoms with Crippen molar-refractivity contribution in [3.63, 3.8) is 0 Å². The van der Waals surface area contributed by atoms with Crippen LogP contribution >= 0.6 is 0 Å². The molecule has 0 fully saturated rings. The second-order valence-corrected chi connectivity index (χ2v) is 5.08. The molecule has 2 N–H and O–H groups in total. The van der Waals surface area contributed by atoms with Crippen molar-refractivity contribution in [1.29, 1.82) is 0 Å². The lowest BCUT2D eigenvalue weighted by atomic mass is 10.1. The molecule has 22 heavy (non-hydrogen) atoms. The van der Waals surface area contributed by atoms with E-state index < -0.39 is 23.8 Å². The number of carbonyl (C=O) groups excluding carboxylic acids is 2. The van der Waals surface area contributed by atoms with E-state index in [9.17, 15) is 19.8 Å². The maximum absolute atomic E-state index is 11.0. The highest BCUT2D eigenvalue weighted by molar-refractivity contribution is 5.93. The van der Waals surface area contributed by atoms with E-state index in [2.05, 4.69) is 13.2 Å². The van der Waals surface area contributed by atoms with Crippen LogP contribution in [0.2, 0.25) is 0 Å². The lowest BCUT2D eigenvalue weighted by Gasteiger charge is -2.14. The molecule has 0 aliphatic carbocycles. The average Bonchev–Trinajstić information content (AvgIpc) is 2.53. The summed E-state index contributed by atoms with van der Waals surface area (Å²) in [5.74, 6) is -0.581. The number of rotatable bonds is 14. The molecule has 0 aromatic rings. The van der Waals surface area contributed by atoms with Gasteiger partial charge in [0, 0.05) is 13.2 Å². The molecular formula is C16H26O6. The summed E-state index contributed by atoms with van der Waals surface area (Å²) in [4.78, 5) is 22.0. The summed E-state index contributed by atoms with van der Waals surface area (Å²) in [6.45, 7) is 9.37. The smallest absolute Gasteiger partial charge is 0.185 e. The second-order valence-electron chi connectivity index (χ2n) is 5.08. The third-order valence-electron chi connectivity index (χ3n) is 3.12. The first-order valence-corrected chi connectivity index (χ1v) is 7.26. The Bertz CT molecular complexity index is 332. The van der Waals surface area contributed by atoms with E-state index in [0.29, 0.717) is 19.1 Å². The molecule has 0 amide bonds. The molecule has 6 heteroatoms. The molecule has 0 radical (unpaired) electrons. The van der Waals surface area contributed by atoms with Gasteiger partial charge in [0.15, 0.2) is 11.6 Å². The molecule has 0 rings (SSSR count). The molecule has 0 saturated heterocycles. The van der Waals surface area contributed by atoms with Crippen LogP contribution in [0.25, 0.3) is 0 Å². The number of aliphatic hydroxyl groups is 2. The first kappa shape index (κ1) is 20.7. The summed E-state index contributed by atoms with van der Waals surface area (Å²) in [6, 6.07) is 0. The summed E-state index contributed by atoms with van der Waals surface area (Å²) in [6.07, 6.45) is 1.35. The standard InChI is InChI=1S/C16H26O6/c1-4-13(17)15(19)10-21-8-6-12(3)7-9-22-11-16(20)14(18)5-2/h4-5,12,15-16,19-20H,1-2,6-11H2,3H3. The maximum Gasteiger partial charge on any atom is 0.185 e. The minimum absolute atomic E-state index is 0.0378. The van der Waals surface area contributed by atoms with Gasteiger partial charge < -0.3 is 19.7 Å². The lowest BCUT2D eigenvalue weighted by Crippen LogP contribution is -2.25. The van der Waals surface area contributed by atoms with Crippen LogP contribution in [0.5, 0.6) is 0 Å². The van der Waals surface area contributed by atoms with Gasteiger partial charge in [-0.2, -0.15) is 0 Å². The van der Waals surface area contributed by atoms with Crippen molar-refractivity contribution in [3.8, 4) is 0 Å². The monoisotopic (exact) mass is 314 g/mol. The van der Waals surface area contributed by atoms with Crippen LogP contribution in [0.1, 0.15) is 19.8 Å². The van der Waals surface area contributed by atoms with Crippen molar-refractivity contribution in [2.75, 3.05) is 26.4 Å². The van der Waals surface area contributed by atoms with Crippen molar-refractivity contribution in [2.24, 2.45) is 5.92 Å². The summed E-state index contributed by atoms with van der Waals surface area (Å²) in [5.41, 5.74) is 0. The highest BCUT2D eigenvalue weighted by atomic mass is 16.5. The van der Waals surface area contributed by atoms with Crippen molar-refractivity contribution in [1.82, 2.24) is 0 Å². The van der Waals surface area contributed by atoms with Crippen LogP contribution in [0.15, 0.2) is 25.3 Å². The number of hydrogen-bond donors (Lipinski definition) is 2. The number of carbonyl (C=O) groups is 2. The summed E-state index contributed by atoms with van der Waals surface area (Å²) >= 11 is 0. The molecule has 0 aliphatic heterocycles. The van der Waals surface area contributed by atoms with Crippen LogP contribution in [0.4, 0.5) is 0 Å². The summed E-state index contributed by atoms with van der Waals surface area (Å²) in [5, 5.41) is 18.7. The fourth-order valence-electron chi connectivity index (χ4n) is 1.54. The molecule has 0 spiro atoms. The first-order valence-electron chi connectivity index (χ1n) is 7.26. The second kappa shape index (κ2) is 12.2. The topological polar surface area (TPSA) is 93.1 Å². The minimum atomic E-state index is -1.15. The minimum Gasteiger partial charge on any atom is -0.383 e. The maximum atomic E-state index is 11.0. The van der Waals surface area contributed by atoms with Crippen LogP contribution in [0.3, 0.4) is 0 Å². The zero-order chi connectivity index (χ0) is 17.0. The molecule has 2 atom stereocenters. The third kappa shape index (κ3) is 9.57. The van der Waals surface area contributed by atoms with Gasteiger partial charge in [0.05, 0.1) is 13.2 Å².